The molecule has 0 aromatic carbocycles. The van der Waals surface area contributed by atoms with Gasteiger partial charge in [0.05, 0.1) is 12.2 Å². The Hall–Kier alpha value is -1.13. The van der Waals surface area contributed by atoms with Crippen LogP contribution in [0, 0.1) is 0 Å². The van der Waals surface area contributed by atoms with E-state index in [1.807, 2.05) is 12.1 Å². The van der Waals surface area contributed by atoms with Gasteiger partial charge in [-0.3, -0.25) is 9.69 Å². The van der Waals surface area contributed by atoms with Crippen LogP contribution in [0.3, 0.4) is 0 Å². The molecule has 1 unspecified atom stereocenters. The van der Waals surface area contributed by atoms with Crippen LogP contribution in [0.1, 0.15) is 17.4 Å². The lowest BCUT2D eigenvalue weighted by Gasteiger charge is -2.37. The molecule has 1 aromatic rings. The summed E-state index contributed by atoms with van der Waals surface area (Å²) >= 11 is 0. The summed E-state index contributed by atoms with van der Waals surface area (Å²) in [5, 5.41) is 0. The first-order valence-corrected chi connectivity index (χ1v) is 5.76. The summed E-state index contributed by atoms with van der Waals surface area (Å²) in [7, 11) is 2.13. The van der Waals surface area contributed by atoms with Crippen LogP contribution in [0.15, 0.2) is 18.3 Å². The fraction of sp³-hybridized carbons (Fsp3) is 0.583. The minimum absolute atomic E-state index is 0.182. The van der Waals surface area contributed by atoms with Crippen molar-refractivity contribution in [3.63, 3.8) is 0 Å². The molecule has 1 aliphatic heterocycles. The van der Waals surface area contributed by atoms with Crippen LogP contribution >= 0.6 is 0 Å². The summed E-state index contributed by atoms with van der Waals surface area (Å²) in [4.78, 5) is 19.4. The Morgan fingerprint density at radius 1 is 1.56 bits per heavy atom. The van der Waals surface area contributed by atoms with Crippen molar-refractivity contribution in [3.05, 3.63) is 24.0 Å². The minimum atomic E-state index is 0.182. The van der Waals surface area contributed by atoms with Gasteiger partial charge in [0.1, 0.15) is 0 Å². The quantitative estimate of drug-likeness (QED) is 0.769. The lowest BCUT2D eigenvalue weighted by Crippen LogP contribution is -2.51. The number of nitrogens with one attached hydrogen (secondary N) is 1. The van der Waals surface area contributed by atoms with Gasteiger partial charge in [-0.05, 0) is 26.1 Å². The first-order valence-electron chi connectivity index (χ1n) is 5.76. The predicted molar refractivity (Wildman–Crippen MR) is 63.7 cm³/mol. The second-order valence-corrected chi connectivity index (χ2v) is 4.57. The lowest BCUT2D eigenvalue weighted by atomic mass is 10.2. The van der Waals surface area contributed by atoms with Crippen molar-refractivity contribution in [1.82, 2.24) is 14.8 Å². The number of aromatic amines is 1. The Morgan fingerprint density at radius 3 is 3.00 bits per heavy atom. The summed E-state index contributed by atoms with van der Waals surface area (Å²) in [6, 6.07) is 4.23. The minimum Gasteiger partial charge on any atom is -0.359 e. The summed E-state index contributed by atoms with van der Waals surface area (Å²) in [5.74, 6) is 0.182. The van der Waals surface area contributed by atoms with Crippen molar-refractivity contribution in [2.24, 2.45) is 0 Å². The van der Waals surface area contributed by atoms with Gasteiger partial charge in [-0.2, -0.15) is 0 Å². The lowest BCUT2D eigenvalue weighted by molar-refractivity contribution is 0.0782. The molecule has 1 atom stereocenters. The van der Waals surface area contributed by atoms with E-state index < -0.39 is 0 Å². The standard InChI is InChI=1S/C12H19N3O/c1-10-8-15(7-6-14(10)2)9-12(16)11-4-3-5-13-11/h3-5,10,13H,6-9H2,1-2H3. The number of Topliss-reactive ketones (excluding diaryl/α,β-unsaturated/α-hetero) is 1. The van der Waals surface area contributed by atoms with Gasteiger partial charge in [0.15, 0.2) is 5.78 Å². The van der Waals surface area contributed by atoms with Crippen molar-refractivity contribution in [2.75, 3.05) is 33.2 Å². The molecule has 1 N–H and O–H groups in total. The fourth-order valence-electron chi connectivity index (χ4n) is 2.06. The second kappa shape index (κ2) is 4.80. The third kappa shape index (κ3) is 2.51. The molecule has 0 aliphatic carbocycles. The first-order chi connectivity index (χ1) is 7.66. The number of hydrogen-bond acceptors (Lipinski definition) is 3. The molecule has 4 nitrogen and oxygen atoms in total. The van der Waals surface area contributed by atoms with E-state index in [4.69, 9.17) is 0 Å². The van der Waals surface area contributed by atoms with Gasteiger partial charge >= 0.3 is 0 Å². The van der Waals surface area contributed by atoms with Gasteiger partial charge in [0.25, 0.3) is 0 Å². The molecule has 2 rings (SSSR count). The zero-order valence-electron chi connectivity index (χ0n) is 9.94. The Bertz CT molecular complexity index is 347. The summed E-state index contributed by atoms with van der Waals surface area (Å²) in [6.45, 7) is 5.72. The van der Waals surface area contributed by atoms with E-state index in [-0.39, 0.29) is 5.78 Å². The maximum Gasteiger partial charge on any atom is 0.192 e. The molecular formula is C12H19N3O. The zero-order chi connectivity index (χ0) is 11.5. The molecule has 88 valence electrons. The van der Waals surface area contributed by atoms with Crippen molar-refractivity contribution in [1.29, 1.82) is 0 Å². The molecule has 0 radical (unpaired) electrons. The van der Waals surface area contributed by atoms with E-state index in [2.05, 4.69) is 28.8 Å². The van der Waals surface area contributed by atoms with E-state index >= 15 is 0 Å². The summed E-state index contributed by atoms with van der Waals surface area (Å²) in [6.07, 6.45) is 1.79. The maximum absolute atomic E-state index is 11.9. The smallest absolute Gasteiger partial charge is 0.192 e. The number of H-pyrrole nitrogens is 1. The molecule has 1 fully saturated rings. The summed E-state index contributed by atoms with van der Waals surface area (Å²) in [5.41, 5.74) is 0.714. The molecule has 0 spiro atoms. The number of nitrogens with zero attached hydrogens (tertiary/aromatic N) is 2. The number of ketones is 1. The Labute approximate surface area is 96.2 Å². The molecule has 1 saturated heterocycles. The topological polar surface area (TPSA) is 39.3 Å². The second-order valence-electron chi connectivity index (χ2n) is 4.57. The monoisotopic (exact) mass is 221 g/mol. The van der Waals surface area contributed by atoms with Gasteiger partial charge in [-0.25, -0.2) is 0 Å². The van der Waals surface area contributed by atoms with E-state index in [1.54, 1.807) is 6.20 Å². The normalized spacial score (nSPS) is 23.5. The molecule has 0 amide bonds. The van der Waals surface area contributed by atoms with Crippen molar-refractivity contribution >= 4 is 5.78 Å². The van der Waals surface area contributed by atoms with Crippen molar-refractivity contribution in [3.8, 4) is 0 Å². The Balaban J connectivity index is 1.89. The van der Waals surface area contributed by atoms with Crippen LogP contribution in [-0.4, -0.2) is 59.8 Å². The number of rotatable bonds is 3. The van der Waals surface area contributed by atoms with E-state index in [0.717, 1.165) is 19.6 Å². The number of piperazine rings is 1. The summed E-state index contributed by atoms with van der Waals surface area (Å²) < 4.78 is 0. The highest BCUT2D eigenvalue weighted by Crippen LogP contribution is 2.08. The molecule has 1 aromatic heterocycles. The molecule has 2 heterocycles. The third-order valence-corrected chi connectivity index (χ3v) is 3.31. The molecule has 4 heteroatoms. The van der Waals surface area contributed by atoms with Gasteiger partial charge in [0.2, 0.25) is 0 Å². The fourth-order valence-corrected chi connectivity index (χ4v) is 2.06. The molecule has 0 saturated carbocycles. The van der Waals surface area contributed by atoms with Crippen LogP contribution in [-0.2, 0) is 0 Å². The van der Waals surface area contributed by atoms with E-state index in [9.17, 15) is 4.79 Å². The molecule has 0 bridgehead atoms. The van der Waals surface area contributed by atoms with Gasteiger partial charge in [0, 0.05) is 31.9 Å². The Morgan fingerprint density at radius 2 is 2.38 bits per heavy atom. The molecular weight excluding hydrogens is 202 g/mol. The van der Waals surface area contributed by atoms with E-state index in [0.29, 0.717) is 18.3 Å². The van der Waals surface area contributed by atoms with Crippen LogP contribution in [0.5, 0.6) is 0 Å². The zero-order valence-corrected chi connectivity index (χ0v) is 9.94. The van der Waals surface area contributed by atoms with Gasteiger partial charge in [-0.15, -0.1) is 0 Å². The largest absolute Gasteiger partial charge is 0.359 e. The number of carbonyl (C=O) groups excluding carboxylic acids is 1. The van der Waals surface area contributed by atoms with Crippen molar-refractivity contribution < 1.29 is 4.79 Å². The first kappa shape index (κ1) is 11.4. The molecule has 1 aliphatic rings. The highest BCUT2D eigenvalue weighted by molar-refractivity contribution is 5.95. The van der Waals surface area contributed by atoms with Crippen LogP contribution < -0.4 is 0 Å². The number of carbonyl (C=O) groups is 1. The molecule has 16 heavy (non-hydrogen) atoms. The third-order valence-electron chi connectivity index (χ3n) is 3.31. The van der Waals surface area contributed by atoms with Gasteiger partial charge in [-0.1, -0.05) is 0 Å². The average molecular weight is 221 g/mol. The van der Waals surface area contributed by atoms with E-state index in [1.165, 1.54) is 0 Å². The highest BCUT2D eigenvalue weighted by Gasteiger charge is 2.22. The van der Waals surface area contributed by atoms with Crippen LogP contribution in [0.25, 0.3) is 0 Å². The number of hydrogen-bond donors (Lipinski definition) is 1. The SMILES string of the molecule is CC1CN(CC(=O)c2ccc[nH]2)CCN1C. The van der Waals surface area contributed by atoms with Crippen LogP contribution in [0.2, 0.25) is 0 Å². The highest BCUT2D eigenvalue weighted by atomic mass is 16.1. The predicted octanol–water partition coefficient (Wildman–Crippen LogP) is 0.833. The maximum atomic E-state index is 11.9. The van der Waals surface area contributed by atoms with Crippen LogP contribution in [0.4, 0.5) is 0 Å². The Kier molecular flexibility index (Phi) is 3.41. The van der Waals surface area contributed by atoms with Crippen molar-refractivity contribution in [2.45, 2.75) is 13.0 Å². The number of aromatic nitrogens is 1. The van der Waals surface area contributed by atoms with Gasteiger partial charge < -0.3 is 9.88 Å². The average Bonchev–Trinajstić information content (AvgIpc) is 2.77. The number of likely N-dealkylation sites (N-methyl/N-ethyl adjacent to an activating group) is 1.